The first-order chi connectivity index (χ1) is 7.90. The summed E-state index contributed by atoms with van der Waals surface area (Å²) in [5.74, 6) is 0. The molecule has 1 N–H and O–H groups in total. The molecule has 0 aliphatic rings. The maximum atomic E-state index is 4.47. The van der Waals surface area contributed by atoms with E-state index in [4.69, 9.17) is 0 Å². The number of thiazole rings is 1. The highest BCUT2D eigenvalue weighted by molar-refractivity contribution is 7.15. The van der Waals surface area contributed by atoms with Gasteiger partial charge in [-0.2, -0.15) is 0 Å². The van der Waals surface area contributed by atoms with Crippen molar-refractivity contribution in [2.45, 2.75) is 39.0 Å². The van der Waals surface area contributed by atoms with Gasteiger partial charge in [0.1, 0.15) is 0 Å². The van der Waals surface area contributed by atoms with Gasteiger partial charge in [0.2, 0.25) is 0 Å². The summed E-state index contributed by atoms with van der Waals surface area (Å²) in [7, 11) is 0. The molecule has 0 atom stereocenters. The molecule has 0 aliphatic carbocycles. The van der Waals surface area contributed by atoms with Gasteiger partial charge in [0.15, 0.2) is 0 Å². The van der Waals surface area contributed by atoms with Crippen LogP contribution >= 0.6 is 11.3 Å². The lowest BCUT2D eigenvalue weighted by Crippen LogP contribution is -1.83. The molecular weight excluding hydrogens is 216 g/mol. The van der Waals surface area contributed by atoms with Crippen molar-refractivity contribution in [3.63, 3.8) is 0 Å². The Morgan fingerprint density at radius 3 is 3.00 bits per heavy atom. The van der Waals surface area contributed by atoms with Crippen LogP contribution in [0.1, 0.15) is 37.6 Å². The van der Waals surface area contributed by atoms with Gasteiger partial charge in [-0.15, -0.1) is 11.3 Å². The normalized spacial score (nSPS) is 10.8. The quantitative estimate of drug-likeness (QED) is 0.743. The molecule has 0 aliphatic heterocycles. The number of nitrogens with one attached hydrogen (secondary N) is 1. The van der Waals surface area contributed by atoms with Crippen molar-refractivity contribution in [1.82, 2.24) is 9.97 Å². The predicted molar refractivity (Wildman–Crippen MR) is 69.7 cm³/mol. The van der Waals surface area contributed by atoms with Crippen LogP contribution in [0.3, 0.4) is 0 Å². The van der Waals surface area contributed by atoms with E-state index in [1.807, 2.05) is 18.5 Å². The van der Waals surface area contributed by atoms with Gasteiger partial charge >= 0.3 is 0 Å². The van der Waals surface area contributed by atoms with Crippen molar-refractivity contribution < 1.29 is 0 Å². The first-order valence-electron chi connectivity index (χ1n) is 5.98. The Balaban J connectivity index is 1.88. The van der Waals surface area contributed by atoms with Crippen molar-refractivity contribution in [1.29, 1.82) is 0 Å². The second kappa shape index (κ2) is 5.85. The molecule has 0 saturated carbocycles. The second-order valence-corrected chi connectivity index (χ2v) is 5.13. The molecule has 0 spiro atoms. The number of unbranched alkanes of at least 4 members (excludes halogenated alkanes) is 3. The topological polar surface area (TPSA) is 28.7 Å². The minimum absolute atomic E-state index is 1.13. The molecule has 0 bridgehead atoms. The lowest BCUT2D eigenvalue weighted by atomic mass is 10.2. The summed E-state index contributed by atoms with van der Waals surface area (Å²) in [4.78, 5) is 8.93. The van der Waals surface area contributed by atoms with Crippen LogP contribution in [0.4, 0.5) is 0 Å². The van der Waals surface area contributed by atoms with Gasteiger partial charge in [0.05, 0.1) is 15.6 Å². The average Bonchev–Trinajstić information content (AvgIpc) is 2.94. The number of hydrogen-bond acceptors (Lipinski definition) is 2. The number of aromatic nitrogens is 2. The Morgan fingerprint density at radius 2 is 2.25 bits per heavy atom. The van der Waals surface area contributed by atoms with Crippen LogP contribution in [0, 0.1) is 0 Å². The third-order valence-electron chi connectivity index (χ3n) is 2.66. The van der Waals surface area contributed by atoms with Gasteiger partial charge in [-0.3, -0.25) is 0 Å². The third kappa shape index (κ3) is 2.95. The van der Waals surface area contributed by atoms with Crippen LogP contribution in [-0.2, 0) is 6.42 Å². The Kier molecular flexibility index (Phi) is 4.17. The summed E-state index contributed by atoms with van der Waals surface area (Å²) in [6.45, 7) is 2.24. The summed E-state index contributed by atoms with van der Waals surface area (Å²) in [6.07, 6.45) is 10.3. The largest absolute Gasteiger partial charge is 0.360 e. The summed E-state index contributed by atoms with van der Waals surface area (Å²) >= 11 is 1.81. The highest BCUT2D eigenvalue weighted by Crippen LogP contribution is 2.25. The summed E-state index contributed by atoms with van der Waals surface area (Å²) in [5.41, 5.74) is 1.18. The molecule has 2 nitrogen and oxygen atoms in total. The van der Waals surface area contributed by atoms with Crippen molar-refractivity contribution in [3.8, 4) is 10.6 Å². The van der Waals surface area contributed by atoms with E-state index in [2.05, 4.69) is 23.0 Å². The van der Waals surface area contributed by atoms with E-state index >= 15 is 0 Å². The van der Waals surface area contributed by atoms with Gasteiger partial charge in [-0.1, -0.05) is 26.2 Å². The number of hydrogen-bond donors (Lipinski definition) is 1. The lowest BCUT2D eigenvalue weighted by molar-refractivity contribution is 0.665. The number of nitrogens with zero attached hydrogens (tertiary/aromatic N) is 1. The first-order valence-corrected chi connectivity index (χ1v) is 6.80. The summed E-state index contributed by atoms with van der Waals surface area (Å²) in [5, 5.41) is 1.26. The fraction of sp³-hybridized carbons (Fsp3) is 0.462. The SMILES string of the molecule is CCCCCCc1ncc(-c2ccc[nH]2)s1. The molecule has 2 heterocycles. The molecule has 0 saturated heterocycles. The molecule has 0 radical (unpaired) electrons. The number of H-pyrrole nitrogens is 1. The van der Waals surface area contributed by atoms with Crippen molar-refractivity contribution in [3.05, 3.63) is 29.5 Å². The molecule has 2 aromatic rings. The van der Waals surface area contributed by atoms with E-state index in [0.717, 1.165) is 6.42 Å². The molecule has 0 aromatic carbocycles. The molecule has 0 amide bonds. The van der Waals surface area contributed by atoms with Gasteiger partial charge in [-0.05, 0) is 25.0 Å². The minimum Gasteiger partial charge on any atom is -0.360 e. The smallest absolute Gasteiger partial charge is 0.0931 e. The monoisotopic (exact) mass is 234 g/mol. The zero-order valence-electron chi connectivity index (χ0n) is 9.70. The van der Waals surface area contributed by atoms with Crippen LogP contribution in [0.5, 0.6) is 0 Å². The van der Waals surface area contributed by atoms with E-state index in [0.29, 0.717) is 0 Å². The fourth-order valence-corrected chi connectivity index (χ4v) is 2.68. The molecule has 86 valence electrons. The Morgan fingerprint density at radius 1 is 1.31 bits per heavy atom. The molecular formula is C13H18N2S. The van der Waals surface area contributed by atoms with Crippen molar-refractivity contribution >= 4 is 11.3 Å². The van der Waals surface area contributed by atoms with E-state index in [1.54, 1.807) is 11.3 Å². The maximum Gasteiger partial charge on any atom is 0.0931 e. The average molecular weight is 234 g/mol. The van der Waals surface area contributed by atoms with E-state index < -0.39 is 0 Å². The van der Waals surface area contributed by atoms with Crippen molar-refractivity contribution in [2.24, 2.45) is 0 Å². The molecule has 2 aromatic heterocycles. The van der Waals surface area contributed by atoms with Gasteiger partial charge in [-0.25, -0.2) is 4.98 Å². The number of rotatable bonds is 6. The first kappa shape index (κ1) is 11.4. The maximum absolute atomic E-state index is 4.47. The predicted octanol–water partition coefficient (Wildman–Crippen LogP) is 4.26. The van der Waals surface area contributed by atoms with Gasteiger partial charge < -0.3 is 4.98 Å². The van der Waals surface area contributed by atoms with Crippen LogP contribution in [0.25, 0.3) is 10.6 Å². The van der Waals surface area contributed by atoms with Crippen LogP contribution in [0.15, 0.2) is 24.5 Å². The molecule has 0 fully saturated rings. The zero-order valence-corrected chi connectivity index (χ0v) is 10.5. The van der Waals surface area contributed by atoms with E-state index in [9.17, 15) is 0 Å². The second-order valence-electron chi connectivity index (χ2n) is 4.01. The Labute approximate surface area is 101 Å². The standard InChI is InChI=1S/C13H18N2S/c1-2-3-4-5-8-13-15-10-12(16-13)11-7-6-9-14-11/h6-7,9-10,14H,2-5,8H2,1H3. The molecule has 3 heteroatoms. The molecule has 2 rings (SSSR count). The minimum atomic E-state index is 1.13. The van der Waals surface area contributed by atoms with E-state index in [1.165, 1.54) is 41.3 Å². The highest BCUT2D eigenvalue weighted by Gasteiger charge is 2.04. The highest BCUT2D eigenvalue weighted by atomic mass is 32.1. The summed E-state index contributed by atoms with van der Waals surface area (Å²) < 4.78 is 0. The number of aromatic amines is 1. The van der Waals surface area contributed by atoms with Crippen LogP contribution in [-0.4, -0.2) is 9.97 Å². The fourth-order valence-electron chi connectivity index (χ4n) is 1.74. The Bertz CT molecular complexity index is 403. The molecule has 16 heavy (non-hydrogen) atoms. The van der Waals surface area contributed by atoms with Crippen LogP contribution < -0.4 is 0 Å². The Hall–Kier alpha value is -1.09. The lowest BCUT2D eigenvalue weighted by Gasteiger charge is -1.95. The third-order valence-corrected chi connectivity index (χ3v) is 3.75. The van der Waals surface area contributed by atoms with Crippen LogP contribution in [0.2, 0.25) is 0 Å². The van der Waals surface area contributed by atoms with E-state index in [-0.39, 0.29) is 0 Å². The molecule has 0 unspecified atom stereocenters. The summed E-state index contributed by atoms with van der Waals surface area (Å²) in [6, 6.07) is 4.12. The zero-order chi connectivity index (χ0) is 11.2. The van der Waals surface area contributed by atoms with Gasteiger partial charge in [0, 0.05) is 12.4 Å². The van der Waals surface area contributed by atoms with Crippen molar-refractivity contribution in [2.75, 3.05) is 0 Å². The van der Waals surface area contributed by atoms with Gasteiger partial charge in [0.25, 0.3) is 0 Å². The number of aryl methyl sites for hydroxylation is 1.